The predicted molar refractivity (Wildman–Crippen MR) is 49.3 cm³/mol. The third-order valence-electron chi connectivity index (χ3n) is 1.93. The molecule has 1 fully saturated rings. The van der Waals surface area contributed by atoms with E-state index in [2.05, 4.69) is 0 Å². The van der Waals surface area contributed by atoms with Crippen molar-refractivity contribution in [2.24, 2.45) is 5.73 Å². The smallest absolute Gasteiger partial charge is 0.229 e. The lowest BCUT2D eigenvalue weighted by molar-refractivity contribution is -0.117. The molecule has 1 atom stereocenters. The molecular weight excluding hydrogens is 172 g/mol. The summed E-state index contributed by atoms with van der Waals surface area (Å²) in [6, 6.07) is 3.90. The molecule has 0 aliphatic carbocycles. The molecule has 0 spiro atoms. The molecule has 3 nitrogen and oxygen atoms in total. The van der Waals surface area contributed by atoms with E-state index < -0.39 is 0 Å². The predicted octanol–water partition coefficient (Wildman–Crippen LogP) is 0.812. The minimum Gasteiger partial charge on any atom is -0.326 e. The summed E-state index contributed by atoms with van der Waals surface area (Å²) >= 11 is 1.58. The van der Waals surface area contributed by atoms with Gasteiger partial charge in [-0.3, -0.25) is 4.79 Å². The first-order valence-corrected chi connectivity index (χ1v) is 4.75. The molecule has 2 rings (SSSR count). The number of nitrogens with two attached hydrogens (primary N) is 1. The lowest BCUT2D eigenvalue weighted by Gasteiger charge is -2.12. The standard InChI is InChI=1S/C8H10N2OS/c9-6-4-7(11)10(5-6)8-2-1-3-12-8/h1-3,6H,4-5,9H2. The maximum absolute atomic E-state index is 11.3. The molecule has 2 N–H and O–H groups in total. The fourth-order valence-electron chi connectivity index (χ4n) is 1.37. The summed E-state index contributed by atoms with van der Waals surface area (Å²) in [6.07, 6.45) is 0.484. The van der Waals surface area contributed by atoms with E-state index in [0.717, 1.165) is 5.00 Å². The van der Waals surface area contributed by atoms with Crippen LogP contribution in [0, 0.1) is 0 Å². The fourth-order valence-corrected chi connectivity index (χ4v) is 2.13. The van der Waals surface area contributed by atoms with Crippen molar-refractivity contribution >= 4 is 22.2 Å². The van der Waals surface area contributed by atoms with Crippen LogP contribution in [0.25, 0.3) is 0 Å². The van der Waals surface area contributed by atoms with Crippen molar-refractivity contribution in [1.29, 1.82) is 0 Å². The van der Waals surface area contributed by atoms with Gasteiger partial charge in [0, 0.05) is 19.0 Å². The number of nitrogens with zero attached hydrogens (tertiary/aromatic N) is 1. The Balaban J connectivity index is 2.21. The third-order valence-corrected chi connectivity index (χ3v) is 2.82. The van der Waals surface area contributed by atoms with Gasteiger partial charge in [-0.25, -0.2) is 0 Å². The van der Waals surface area contributed by atoms with Crippen molar-refractivity contribution in [3.63, 3.8) is 0 Å². The molecule has 1 aliphatic heterocycles. The molecule has 12 heavy (non-hydrogen) atoms. The molecule has 1 aromatic rings. The van der Waals surface area contributed by atoms with E-state index in [-0.39, 0.29) is 11.9 Å². The van der Waals surface area contributed by atoms with Crippen LogP contribution in [0.15, 0.2) is 17.5 Å². The van der Waals surface area contributed by atoms with Crippen LogP contribution in [0.5, 0.6) is 0 Å². The van der Waals surface area contributed by atoms with Gasteiger partial charge in [0.25, 0.3) is 0 Å². The molecule has 0 bridgehead atoms. The number of thiophene rings is 1. The van der Waals surface area contributed by atoms with Gasteiger partial charge in [-0.1, -0.05) is 0 Å². The molecule has 0 radical (unpaired) electrons. The number of hydrogen-bond acceptors (Lipinski definition) is 3. The third kappa shape index (κ3) is 1.23. The number of hydrogen-bond donors (Lipinski definition) is 1. The van der Waals surface area contributed by atoms with Crippen LogP contribution in [0.3, 0.4) is 0 Å². The van der Waals surface area contributed by atoms with Crippen LogP contribution < -0.4 is 10.6 Å². The average Bonchev–Trinajstić information content (AvgIpc) is 2.58. The van der Waals surface area contributed by atoms with Crippen LogP contribution in [-0.4, -0.2) is 18.5 Å². The Morgan fingerprint density at radius 2 is 2.50 bits per heavy atom. The Labute approximate surface area is 74.8 Å². The Bertz CT molecular complexity index is 283. The molecule has 2 heterocycles. The summed E-state index contributed by atoms with van der Waals surface area (Å²) in [4.78, 5) is 13.1. The van der Waals surface area contributed by atoms with Crippen LogP contribution in [0.2, 0.25) is 0 Å². The normalized spacial score (nSPS) is 23.6. The van der Waals surface area contributed by atoms with E-state index in [9.17, 15) is 4.79 Å². The second kappa shape index (κ2) is 2.88. The second-order valence-electron chi connectivity index (χ2n) is 2.92. The van der Waals surface area contributed by atoms with Crippen molar-refractivity contribution in [2.75, 3.05) is 11.4 Å². The summed E-state index contributed by atoms with van der Waals surface area (Å²) in [7, 11) is 0. The van der Waals surface area contributed by atoms with Gasteiger partial charge in [0.05, 0.1) is 5.00 Å². The minimum absolute atomic E-state index is 0.0135. The molecule has 1 aromatic heterocycles. The van der Waals surface area contributed by atoms with E-state index in [1.165, 1.54) is 0 Å². The van der Waals surface area contributed by atoms with Crippen LogP contribution >= 0.6 is 11.3 Å². The molecule has 0 saturated carbocycles. The number of rotatable bonds is 1. The zero-order valence-electron chi connectivity index (χ0n) is 6.56. The van der Waals surface area contributed by atoms with Crippen LogP contribution in [-0.2, 0) is 4.79 Å². The maximum atomic E-state index is 11.3. The van der Waals surface area contributed by atoms with E-state index in [4.69, 9.17) is 5.73 Å². The molecule has 4 heteroatoms. The van der Waals surface area contributed by atoms with Gasteiger partial charge in [0.15, 0.2) is 0 Å². The summed E-state index contributed by atoms with van der Waals surface area (Å²) < 4.78 is 0. The molecular formula is C8H10N2OS. The monoisotopic (exact) mass is 182 g/mol. The molecule has 1 saturated heterocycles. The zero-order chi connectivity index (χ0) is 8.55. The van der Waals surface area contributed by atoms with E-state index >= 15 is 0 Å². The molecule has 1 unspecified atom stereocenters. The second-order valence-corrected chi connectivity index (χ2v) is 3.85. The maximum Gasteiger partial charge on any atom is 0.229 e. The van der Waals surface area contributed by atoms with E-state index in [1.54, 1.807) is 16.2 Å². The molecule has 0 aromatic carbocycles. The Morgan fingerprint density at radius 1 is 1.67 bits per heavy atom. The van der Waals surface area contributed by atoms with Gasteiger partial charge in [-0.05, 0) is 17.5 Å². The molecule has 64 valence electrons. The molecule has 1 amide bonds. The highest BCUT2D eigenvalue weighted by Gasteiger charge is 2.28. The summed E-state index contributed by atoms with van der Waals surface area (Å²) in [5, 5.41) is 2.97. The Morgan fingerprint density at radius 3 is 3.00 bits per heavy atom. The highest BCUT2D eigenvalue weighted by Crippen LogP contribution is 2.25. The highest BCUT2D eigenvalue weighted by atomic mass is 32.1. The van der Waals surface area contributed by atoms with Crippen molar-refractivity contribution in [2.45, 2.75) is 12.5 Å². The average molecular weight is 182 g/mol. The van der Waals surface area contributed by atoms with Gasteiger partial charge < -0.3 is 10.6 Å². The van der Waals surface area contributed by atoms with Crippen LogP contribution in [0.4, 0.5) is 5.00 Å². The van der Waals surface area contributed by atoms with Gasteiger partial charge in [0.1, 0.15) is 0 Å². The van der Waals surface area contributed by atoms with E-state index in [1.807, 2.05) is 17.5 Å². The van der Waals surface area contributed by atoms with Crippen molar-refractivity contribution < 1.29 is 4.79 Å². The Hall–Kier alpha value is -0.870. The number of anilines is 1. The van der Waals surface area contributed by atoms with Crippen molar-refractivity contribution in [3.05, 3.63) is 17.5 Å². The van der Waals surface area contributed by atoms with Gasteiger partial charge in [-0.2, -0.15) is 0 Å². The first-order valence-electron chi connectivity index (χ1n) is 3.87. The number of carbonyl (C=O) groups excluding carboxylic acids is 1. The lowest BCUT2D eigenvalue weighted by Crippen LogP contribution is -2.27. The summed E-state index contributed by atoms with van der Waals surface area (Å²) in [5.41, 5.74) is 5.66. The largest absolute Gasteiger partial charge is 0.326 e. The topological polar surface area (TPSA) is 46.3 Å². The SMILES string of the molecule is NC1CC(=O)N(c2cccs2)C1. The lowest BCUT2D eigenvalue weighted by atomic mass is 10.3. The first kappa shape index (κ1) is 7.76. The van der Waals surface area contributed by atoms with E-state index in [0.29, 0.717) is 13.0 Å². The zero-order valence-corrected chi connectivity index (χ0v) is 7.38. The highest BCUT2D eigenvalue weighted by molar-refractivity contribution is 7.14. The summed E-state index contributed by atoms with van der Waals surface area (Å²) in [5.74, 6) is 0.143. The van der Waals surface area contributed by atoms with Crippen molar-refractivity contribution in [1.82, 2.24) is 0 Å². The fraction of sp³-hybridized carbons (Fsp3) is 0.375. The van der Waals surface area contributed by atoms with Gasteiger partial charge in [-0.15, -0.1) is 11.3 Å². The van der Waals surface area contributed by atoms with Crippen LogP contribution in [0.1, 0.15) is 6.42 Å². The number of carbonyl (C=O) groups is 1. The summed E-state index contributed by atoms with van der Waals surface area (Å²) in [6.45, 7) is 0.666. The quantitative estimate of drug-likeness (QED) is 0.698. The number of amides is 1. The first-order chi connectivity index (χ1) is 5.77. The molecule has 1 aliphatic rings. The van der Waals surface area contributed by atoms with Crippen molar-refractivity contribution in [3.8, 4) is 0 Å². The van der Waals surface area contributed by atoms with Gasteiger partial charge >= 0.3 is 0 Å². The Kier molecular flexibility index (Phi) is 1.86. The minimum atomic E-state index is 0.0135. The van der Waals surface area contributed by atoms with Gasteiger partial charge in [0.2, 0.25) is 5.91 Å².